The fraction of sp³-hybridized carbons (Fsp3) is 0.241. The maximum absolute atomic E-state index is 13.0. The molecule has 4 rings (SSSR count). The molecule has 1 atom stereocenters. The van der Waals surface area contributed by atoms with Gasteiger partial charge in [-0.25, -0.2) is 0 Å². The highest BCUT2D eigenvalue weighted by Gasteiger charge is 2.33. The third-order valence-electron chi connectivity index (χ3n) is 6.36. The van der Waals surface area contributed by atoms with Crippen LogP contribution < -0.4 is 15.8 Å². The highest BCUT2D eigenvalue weighted by Crippen LogP contribution is 2.25. The summed E-state index contributed by atoms with van der Waals surface area (Å²) in [5, 5.41) is 12.2. The predicted octanol–water partition coefficient (Wildman–Crippen LogP) is 3.72. The topological polar surface area (TPSA) is 126 Å². The number of nitrogens with zero attached hydrogens (tertiary/aromatic N) is 2. The monoisotopic (exact) mass is 496 g/mol. The van der Waals surface area contributed by atoms with Crippen molar-refractivity contribution in [2.45, 2.75) is 38.8 Å². The van der Waals surface area contributed by atoms with Gasteiger partial charge in [0.2, 0.25) is 11.8 Å². The van der Waals surface area contributed by atoms with Crippen molar-refractivity contribution in [3.05, 3.63) is 94.5 Å². The van der Waals surface area contributed by atoms with Gasteiger partial charge in [0.1, 0.15) is 18.4 Å². The SMILES string of the molecule is Cc1cc(NC(=O)Cc2cc(C#N)ccc2OCc2ccccc2)ccc1C(=O)N1CCC[C@H]1C(N)=O. The van der Waals surface area contributed by atoms with Crippen molar-refractivity contribution >= 4 is 23.4 Å². The number of carbonyl (C=O) groups excluding carboxylic acids is 3. The summed E-state index contributed by atoms with van der Waals surface area (Å²) in [7, 11) is 0. The predicted molar refractivity (Wildman–Crippen MR) is 139 cm³/mol. The lowest BCUT2D eigenvalue weighted by atomic mass is 10.0. The van der Waals surface area contributed by atoms with Crippen LogP contribution in [-0.2, 0) is 22.6 Å². The van der Waals surface area contributed by atoms with Gasteiger partial charge in [-0.2, -0.15) is 5.26 Å². The number of rotatable bonds is 8. The van der Waals surface area contributed by atoms with Crippen molar-refractivity contribution in [1.29, 1.82) is 5.26 Å². The van der Waals surface area contributed by atoms with Crippen LogP contribution in [0.3, 0.4) is 0 Å². The molecule has 188 valence electrons. The zero-order valence-electron chi connectivity index (χ0n) is 20.6. The minimum absolute atomic E-state index is 0.00738. The first kappa shape index (κ1) is 25.5. The van der Waals surface area contributed by atoms with Gasteiger partial charge >= 0.3 is 0 Å². The summed E-state index contributed by atoms with van der Waals surface area (Å²) in [5.41, 5.74) is 9.16. The molecule has 0 saturated carbocycles. The molecule has 1 aliphatic rings. The van der Waals surface area contributed by atoms with Gasteiger partial charge in [0.15, 0.2) is 0 Å². The molecule has 37 heavy (non-hydrogen) atoms. The zero-order valence-corrected chi connectivity index (χ0v) is 20.6. The smallest absolute Gasteiger partial charge is 0.254 e. The Morgan fingerprint density at radius 1 is 1.11 bits per heavy atom. The van der Waals surface area contributed by atoms with Crippen LogP contribution in [0, 0.1) is 18.3 Å². The summed E-state index contributed by atoms with van der Waals surface area (Å²) in [6.07, 6.45) is 1.31. The Kier molecular flexibility index (Phi) is 7.84. The number of anilines is 1. The van der Waals surface area contributed by atoms with Crippen molar-refractivity contribution < 1.29 is 19.1 Å². The molecule has 1 saturated heterocycles. The van der Waals surface area contributed by atoms with E-state index in [2.05, 4.69) is 11.4 Å². The average Bonchev–Trinajstić information content (AvgIpc) is 3.39. The number of benzene rings is 3. The van der Waals surface area contributed by atoms with Gasteiger partial charge in [-0.05, 0) is 67.3 Å². The van der Waals surface area contributed by atoms with E-state index >= 15 is 0 Å². The van der Waals surface area contributed by atoms with E-state index in [4.69, 9.17) is 10.5 Å². The van der Waals surface area contributed by atoms with Crippen LogP contribution in [0.25, 0.3) is 0 Å². The maximum Gasteiger partial charge on any atom is 0.254 e. The Balaban J connectivity index is 1.45. The molecular formula is C29H28N4O4. The number of hydrogen-bond acceptors (Lipinski definition) is 5. The van der Waals surface area contributed by atoms with Crippen molar-refractivity contribution in [1.82, 2.24) is 4.90 Å². The van der Waals surface area contributed by atoms with E-state index in [9.17, 15) is 19.6 Å². The normalized spacial score (nSPS) is 14.6. The lowest BCUT2D eigenvalue weighted by Crippen LogP contribution is -2.43. The number of carbonyl (C=O) groups is 3. The fourth-order valence-corrected chi connectivity index (χ4v) is 4.48. The molecule has 3 N–H and O–H groups in total. The van der Waals surface area contributed by atoms with Crippen molar-refractivity contribution in [2.75, 3.05) is 11.9 Å². The molecule has 0 unspecified atom stereocenters. The first-order valence-corrected chi connectivity index (χ1v) is 12.1. The van der Waals surface area contributed by atoms with E-state index in [0.29, 0.717) is 53.3 Å². The van der Waals surface area contributed by atoms with Crippen LogP contribution in [0.15, 0.2) is 66.7 Å². The van der Waals surface area contributed by atoms with Gasteiger partial charge in [0, 0.05) is 23.4 Å². The minimum atomic E-state index is -0.589. The van der Waals surface area contributed by atoms with E-state index in [1.54, 1.807) is 43.3 Å². The van der Waals surface area contributed by atoms with Gasteiger partial charge in [0.25, 0.3) is 5.91 Å². The zero-order chi connectivity index (χ0) is 26.4. The molecule has 1 heterocycles. The lowest BCUT2D eigenvalue weighted by molar-refractivity contribution is -0.121. The summed E-state index contributed by atoms with van der Waals surface area (Å²) >= 11 is 0. The van der Waals surface area contributed by atoms with Gasteiger partial charge in [0.05, 0.1) is 18.1 Å². The number of nitrogens with one attached hydrogen (secondary N) is 1. The Morgan fingerprint density at radius 2 is 1.89 bits per heavy atom. The third kappa shape index (κ3) is 6.14. The van der Waals surface area contributed by atoms with Crippen LogP contribution in [-0.4, -0.2) is 35.2 Å². The maximum atomic E-state index is 13.0. The minimum Gasteiger partial charge on any atom is -0.489 e. The highest BCUT2D eigenvalue weighted by atomic mass is 16.5. The quantitative estimate of drug-likeness (QED) is 0.492. The van der Waals surface area contributed by atoms with Gasteiger partial charge in [-0.3, -0.25) is 14.4 Å². The number of ether oxygens (including phenoxy) is 1. The van der Waals surface area contributed by atoms with E-state index < -0.39 is 11.9 Å². The number of likely N-dealkylation sites (tertiary alicyclic amines) is 1. The second-order valence-electron chi connectivity index (χ2n) is 9.02. The van der Waals surface area contributed by atoms with E-state index in [1.165, 1.54) is 4.90 Å². The highest BCUT2D eigenvalue weighted by molar-refractivity contribution is 6.00. The molecule has 0 radical (unpaired) electrons. The molecule has 3 aromatic rings. The molecule has 3 amide bonds. The van der Waals surface area contributed by atoms with E-state index in [0.717, 1.165) is 12.0 Å². The van der Waals surface area contributed by atoms with E-state index in [-0.39, 0.29) is 18.2 Å². The van der Waals surface area contributed by atoms with Crippen LogP contribution in [0.2, 0.25) is 0 Å². The van der Waals surface area contributed by atoms with Gasteiger partial charge in [-0.15, -0.1) is 0 Å². The van der Waals surface area contributed by atoms with Crippen molar-refractivity contribution in [3.8, 4) is 11.8 Å². The molecular weight excluding hydrogens is 468 g/mol. The number of primary amides is 1. The molecule has 8 heteroatoms. The third-order valence-corrected chi connectivity index (χ3v) is 6.36. The van der Waals surface area contributed by atoms with Crippen molar-refractivity contribution in [2.24, 2.45) is 5.73 Å². The molecule has 0 bridgehead atoms. The van der Waals surface area contributed by atoms with Crippen LogP contribution in [0.5, 0.6) is 5.75 Å². The van der Waals surface area contributed by atoms with Gasteiger partial charge < -0.3 is 20.7 Å². The standard InChI is InChI=1S/C29H28N4O4/c1-19-14-23(10-11-24(19)29(36)33-13-5-8-25(33)28(31)35)32-27(34)16-22-15-21(17-30)9-12-26(22)37-18-20-6-3-2-4-7-20/h2-4,6-7,9-12,14-15,25H,5,8,13,16,18H2,1H3,(H2,31,35)(H,32,34)/t25-/m0/s1. The molecule has 3 aromatic carbocycles. The number of amides is 3. The number of nitriles is 1. The molecule has 1 aliphatic heterocycles. The number of aryl methyl sites for hydroxylation is 1. The van der Waals surface area contributed by atoms with Crippen LogP contribution in [0.4, 0.5) is 5.69 Å². The second kappa shape index (κ2) is 11.4. The first-order chi connectivity index (χ1) is 17.9. The lowest BCUT2D eigenvalue weighted by Gasteiger charge is -2.23. The van der Waals surface area contributed by atoms with E-state index in [1.807, 2.05) is 30.3 Å². The largest absolute Gasteiger partial charge is 0.489 e. The summed E-state index contributed by atoms with van der Waals surface area (Å²) in [6, 6.07) is 21.2. The average molecular weight is 497 g/mol. The first-order valence-electron chi connectivity index (χ1n) is 12.1. The molecule has 0 spiro atoms. The van der Waals surface area contributed by atoms with Gasteiger partial charge in [-0.1, -0.05) is 30.3 Å². The summed E-state index contributed by atoms with van der Waals surface area (Å²) in [6.45, 7) is 2.61. The second-order valence-corrected chi connectivity index (χ2v) is 9.02. The number of hydrogen-bond donors (Lipinski definition) is 2. The fourth-order valence-electron chi connectivity index (χ4n) is 4.48. The molecule has 0 aliphatic carbocycles. The Bertz CT molecular complexity index is 1360. The summed E-state index contributed by atoms with van der Waals surface area (Å²) in [4.78, 5) is 39.1. The Morgan fingerprint density at radius 3 is 2.59 bits per heavy atom. The Hall–Kier alpha value is -4.64. The molecule has 1 fully saturated rings. The van der Waals surface area contributed by atoms with Crippen molar-refractivity contribution in [3.63, 3.8) is 0 Å². The van der Waals surface area contributed by atoms with Crippen LogP contribution >= 0.6 is 0 Å². The summed E-state index contributed by atoms with van der Waals surface area (Å²) in [5.74, 6) is -0.499. The molecule has 8 nitrogen and oxygen atoms in total. The summed E-state index contributed by atoms with van der Waals surface area (Å²) < 4.78 is 5.94. The molecule has 0 aromatic heterocycles. The number of nitrogens with two attached hydrogens (primary N) is 1. The van der Waals surface area contributed by atoms with Crippen LogP contribution in [0.1, 0.15) is 45.5 Å². The Labute approximate surface area is 215 Å².